The Morgan fingerprint density at radius 2 is 1.44 bits per heavy atom. The van der Waals surface area contributed by atoms with Crippen LogP contribution in [0.4, 0.5) is 28.7 Å². The van der Waals surface area contributed by atoms with Crippen molar-refractivity contribution in [3.8, 4) is 0 Å². The van der Waals surface area contributed by atoms with E-state index in [1.54, 1.807) is 60.9 Å². The number of hydrogen-bond donors (Lipinski definition) is 2. The molecular weight excluding hydrogens is 454 g/mol. The van der Waals surface area contributed by atoms with E-state index in [4.69, 9.17) is 11.6 Å². The monoisotopic (exact) mass is 471 g/mol. The lowest BCUT2D eigenvalue weighted by molar-refractivity contribution is -0.384. The second-order valence-electron chi connectivity index (χ2n) is 7.10. The molecule has 0 radical (unpaired) electrons. The van der Waals surface area contributed by atoms with Gasteiger partial charge in [0.1, 0.15) is 11.6 Å². The molecule has 0 aliphatic rings. The number of non-ortho nitro benzene ring substituents is 1. The summed E-state index contributed by atoms with van der Waals surface area (Å²) in [5, 5.41) is 17.7. The molecule has 4 rings (SSSR count). The Kier molecular flexibility index (Phi) is 6.90. The number of hydrogen-bond acceptors (Lipinski definition) is 7. The highest BCUT2D eigenvalue weighted by Crippen LogP contribution is 2.24. The van der Waals surface area contributed by atoms with E-state index in [1.165, 1.54) is 18.2 Å². The highest BCUT2D eigenvalue weighted by Gasteiger charge is 2.12. The third-order valence-electron chi connectivity index (χ3n) is 4.77. The molecule has 34 heavy (non-hydrogen) atoms. The Labute approximate surface area is 200 Å². The number of anilines is 4. The lowest BCUT2D eigenvalue weighted by Crippen LogP contribution is -2.03. The van der Waals surface area contributed by atoms with Crippen molar-refractivity contribution in [1.82, 2.24) is 9.97 Å². The van der Waals surface area contributed by atoms with Gasteiger partial charge in [-0.3, -0.25) is 14.9 Å². The molecule has 168 valence electrons. The molecule has 0 fully saturated rings. The van der Waals surface area contributed by atoms with Crippen LogP contribution in [0.2, 0.25) is 5.02 Å². The van der Waals surface area contributed by atoms with Crippen LogP contribution in [0.15, 0.2) is 91.3 Å². The van der Waals surface area contributed by atoms with Gasteiger partial charge in [-0.15, -0.1) is 0 Å². The Balaban J connectivity index is 1.53. The summed E-state index contributed by atoms with van der Waals surface area (Å²) in [6.45, 7) is 0. The molecule has 0 bridgehead atoms. The maximum Gasteiger partial charge on any atom is 0.269 e. The number of aromatic nitrogens is 2. The van der Waals surface area contributed by atoms with Gasteiger partial charge in [0, 0.05) is 46.5 Å². The molecule has 2 heterocycles. The zero-order valence-electron chi connectivity index (χ0n) is 17.7. The molecule has 0 amide bonds. The molecular formula is C25H18ClN5O3. The standard InChI is InChI=1S/C25H18ClN5O3/c26-18-6-8-19(9-7-18)29-24-17(3-1-15-27-24)5-14-23(32)22-4-2-16-28-25(22)30-20-10-12-21(13-11-20)31(33)34/h1-16H,(H,27,29)(H,28,30)/b14-5+. The van der Waals surface area contributed by atoms with E-state index < -0.39 is 4.92 Å². The fraction of sp³-hybridized carbons (Fsp3) is 0. The van der Waals surface area contributed by atoms with Gasteiger partial charge in [0.2, 0.25) is 0 Å². The van der Waals surface area contributed by atoms with Crippen LogP contribution in [-0.4, -0.2) is 20.7 Å². The van der Waals surface area contributed by atoms with E-state index in [0.717, 1.165) is 11.3 Å². The van der Waals surface area contributed by atoms with Crippen LogP contribution >= 0.6 is 11.6 Å². The summed E-state index contributed by atoms with van der Waals surface area (Å²) in [6, 6.07) is 20.0. The zero-order chi connectivity index (χ0) is 23.9. The molecule has 9 heteroatoms. The average Bonchev–Trinajstić information content (AvgIpc) is 2.85. The maximum atomic E-state index is 13.0. The van der Waals surface area contributed by atoms with Gasteiger partial charge in [0.05, 0.1) is 10.5 Å². The molecule has 8 nitrogen and oxygen atoms in total. The average molecular weight is 472 g/mol. The molecule has 2 aromatic carbocycles. The molecule has 0 aliphatic carbocycles. The quantitative estimate of drug-likeness (QED) is 0.132. The van der Waals surface area contributed by atoms with E-state index in [0.29, 0.717) is 27.9 Å². The molecule has 2 aromatic heterocycles. The second-order valence-corrected chi connectivity index (χ2v) is 7.54. The van der Waals surface area contributed by atoms with Crippen molar-refractivity contribution in [1.29, 1.82) is 0 Å². The number of ketones is 1. The predicted octanol–water partition coefficient (Wildman–Crippen LogP) is 6.42. The fourth-order valence-electron chi connectivity index (χ4n) is 3.09. The number of nitro benzene ring substituents is 1. The third-order valence-corrected chi connectivity index (χ3v) is 5.03. The fourth-order valence-corrected chi connectivity index (χ4v) is 3.21. The van der Waals surface area contributed by atoms with Crippen LogP contribution in [0.1, 0.15) is 15.9 Å². The molecule has 4 aromatic rings. The topological polar surface area (TPSA) is 110 Å². The third kappa shape index (κ3) is 5.62. The van der Waals surface area contributed by atoms with Gasteiger partial charge in [-0.25, -0.2) is 9.97 Å². The second kappa shape index (κ2) is 10.4. The number of halogens is 1. The van der Waals surface area contributed by atoms with Gasteiger partial charge in [0.15, 0.2) is 5.78 Å². The van der Waals surface area contributed by atoms with Gasteiger partial charge in [-0.1, -0.05) is 11.6 Å². The first kappa shape index (κ1) is 22.6. The number of allylic oxidation sites excluding steroid dienone is 1. The molecule has 0 aliphatic heterocycles. The zero-order valence-corrected chi connectivity index (χ0v) is 18.4. The molecule has 2 N–H and O–H groups in total. The number of nitrogens with zero attached hydrogens (tertiary/aromatic N) is 3. The number of carbonyl (C=O) groups is 1. The van der Waals surface area contributed by atoms with E-state index >= 15 is 0 Å². The highest BCUT2D eigenvalue weighted by molar-refractivity contribution is 6.30. The SMILES string of the molecule is O=C(/C=C/c1cccnc1Nc1ccc(Cl)cc1)c1cccnc1Nc1ccc([N+](=O)[O-])cc1. The molecule has 0 unspecified atom stereocenters. The van der Waals surface area contributed by atoms with Gasteiger partial charge in [-0.2, -0.15) is 0 Å². The largest absolute Gasteiger partial charge is 0.340 e. The van der Waals surface area contributed by atoms with E-state index in [-0.39, 0.29) is 11.5 Å². The first-order chi connectivity index (χ1) is 16.5. The van der Waals surface area contributed by atoms with Crippen molar-refractivity contribution in [2.75, 3.05) is 10.6 Å². The van der Waals surface area contributed by atoms with Crippen LogP contribution in [0, 0.1) is 10.1 Å². The Morgan fingerprint density at radius 1 is 0.853 bits per heavy atom. The number of benzene rings is 2. The van der Waals surface area contributed by atoms with E-state index in [9.17, 15) is 14.9 Å². The van der Waals surface area contributed by atoms with Gasteiger partial charge in [0.25, 0.3) is 5.69 Å². The van der Waals surface area contributed by atoms with Crippen LogP contribution in [0.25, 0.3) is 6.08 Å². The normalized spacial score (nSPS) is 10.7. The molecule has 0 saturated heterocycles. The Morgan fingerprint density at radius 3 is 2.12 bits per heavy atom. The van der Waals surface area contributed by atoms with Crippen LogP contribution in [-0.2, 0) is 0 Å². The van der Waals surface area contributed by atoms with E-state index in [1.807, 2.05) is 18.2 Å². The molecule has 0 atom stereocenters. The summed E-state index contributed by atoms with van der Waals surface area (Å²) in [6.07, 6.45) is 6.34. The van der Waals surface area contributed by atoms with Gasteiger partial charge >= 0.3 is 0 Å². The minimum Gasteiger partial charge on any atom is -0.340 e. The first-order valence-corrected chi connectivity index (χ1v) is 10.5. The van der Waals surface area contributed by atoms with Crippen molar-refractivity contribution in [2.24, 2.45) is 0 Å². The summed E-state index contributed by atoms with van der Waals surface area (Å²) >= 11 is 5.94. The van der Waals surface area contributed by atoms with E-state index in [2.05, 4.69) is 20.6 Å². The van der Waals surface area contributed by atoms with Gasteiger partial charge < -0.3 is 10.6 Å². The summed E-state index contributed by atoms with van der Waals surface area (Å²) in [5.41, 5.74) is 2.44. The minimum atomic E-state index is -0.473. The number of pyridine rings is 2. The molecule has 0 spiro atoms. The summed E-state index contributed by atoms with van der Waals surface area (Å²) in [4.78, 5) is 32.0. The smallest absolute Gasteiger partial charge is 0.269 e. The maximum absolute atomic E-state index is 13.0. The van der Waals surface area contributed by atoms with Crippen molar-refractivity contribution in [2.45, 2.75) is 0 Å². The van der Waals surface area contributed by atoms with Crippen LogP contribution < -0.4 is 10.6 Å². The van der Waals surface area contributed by atoms with Crippen LogP contribution in [0.3, 0.4) is 0 Å². The number of nitrogens with one attached hydrogen (secondary N) is 2. The summed E-state index contributed by atoms with van der Waals surface area (Å²) in [7, 11) is 0. The Hall–Kier alpha value is -4.56. The Bertz CT molecular complexity index is 1360. The number of nitro groups is 1. The lowest BCUT2D eigenvalue weighted by Gasteiger charge is -2.10. The lowest BCUT2D eigenvalue weighted by atomic mass is 10.1. The summed E-state index contributed by atoms with van der Waals surface area (Å²) < 4.78 is 0. The predicted molar refractivity (Wildman–Crippen MR) is 133 cm³/mol. The number of rotatable bonds is 8. The van der Waals surface area contributed by atoms with Gasteiger partial charge in [-0.05, 0) is 72.8 Å². The first-order valence-electron chi connectivity index (χ1n) is 10.2. The highest BCUT2D eigenvalue weighted by atomic mass is 35.5. The van der Waals surface area contributed by atoms with Crippen molar-refractivity contribution in [3.63, 3.8) is 0 Å². The number of carbonyl (C=O) groups excluding carboxylic acids is 1. The van der Waals surface area contributed by atoms with Crippen molar-refractivity contribution >= 4 is 52.2 Å². The van der Waals surface area contributed by atoms with Crippen LogP contribution in [0.5, 0.6) is 0 Å². The summed E-state index contributed by atoms with van der Waals surface area (Å²) in [5.74, 6) is 0.666. The van der Waals surface area contributed by atoms with Crippen molar-refractivity contribution in [3.05, 3.63) is 118 Å². The minimum absolute atomic E-state index is 0.0229. The molecule has 0 saturated carbocycles. The van der Waals surface area contributed by atoms with Crippen molar-refractivity contribution < 1.29 is 9.72 Å².